The van der Waals surface area contributed by atoms with E-state index in [0.717, 1.165) is 25.2 Å². The van der Waals surface area contributed by atoms with Gasteiger partial charge in [-0.3, -0.25) is 4.52 Å². The summed E-state index contributed by atoms with van der Waals surface area (Å²) in [6.45, 7) is 0.935. The average molecular weight is 257 g/mol. The summed E-state index contributed by atoms with van der Waals surface area (Å²) in [4.78, 5) is 8.64. The molecule has 1 unspecified atom stereocenters. The van der Waals surface area contributed by atoms with Gasteiger partial charge in [0.05, 0.1) is 6.61 Å². The molecule has 1 N–H and O–H groups in total. The van der Waals surface area contributed by atoms with Crippen molar-refractivity contribution >= 4 is 18.2 Å². The Labute approximate surface area is 97.5 Å². The van der Waals surface area contributed by atoms with Crippen LogP contribution < -0.4 is 0 Å². The fraction of sp³-hybridized carbons (Fsp3) is 1.00. The van der Waals surface area contributed by atoms with Crippen LogP contribution in [0.15, 0.2) is 0 Å². The van der Waals surface area contributed by atoms with Crippen LogP contribution in [0.25, 0.3) is 0 Å². The van der Waals surface area contributed by atoms with Gasteiger partial charge in [-0.25, -0.2) is 4.57 Å². The molecule has 92 valence electrons. The molecule has 0 aromatic carbocycles. The molecule has 3 nitrogen and oxygen atoms in total. The monoisotopic (exact) mass is 256 g/mol. The third-order valence-electron chi connectivity index (χ3n) is 2.66. The van der Waals surface area contributed by atoms with Crippen molar-refractivity contribution in [2.75, 3.05) is 6.61 Å². The Bertz CT molecular complexity index is 189. The molecule has 15 heavy (non-hydrogen) atoms. The molecule has 0 aromatic heterocycles. The lowest BCUT2D eigenvalue weighted by Crippen LogP contribution is -1.97. The van der Waals surface area contributed by atoms with Crippen LogP contribution in [0.1, 0.15) is 52.4 Å². The van der Waals surface area contributed by atoms with E-state index in [2.05, 4.69) is 18.4 Å². The molecule has 0 amide bonds. The predicted molar refractivity (Wildman–Crippen MR) is 64.2 cm³/mol. The first-order valence-corrected chi connectivity index (χ1v) is 8.14. The van der Waals surface area contributed by atoms with Gasteiger partial charge in [0.1, 0.15) is 0 Å². The van der Waals surface area contributed by atoms with E-state index in [1.165, 1.54) is 19.3 Å². The minimum absolute atomic E-state index is 0.278. The fourth-order valence-corrected chi connectivity index (χ4v) is 2.15. The highest BCUT2D eigenvalue weighted by atomic mass is 35.7. The van der Waals surface area contributed by atoms with E-state index in [1.54, 1.807) is 0 Å². The van der Waals surface area contributed by atoms with Crippen molar-refractivity contribution in [3.63, 3.8) is 0 Å². The molecule has 0 heterocycles. The lowest BCUT2D eigenvalue weighted by molar-refractivity contribution is 0.265. The van der Waals surface area contributed by atoms with Gasteiger partial charge in [0, 0.05) is 11.2 Å². The van der Waals surface area contributed by atoms with Gasteiger partial charge in [-0.05, 0) is 12.3 Å². The van der Waals surface area contributed by atoms with Gasteiger partial charge in [-0.1, -0.05) is 46.0 Å². The largest absolute Gasteiger partial charge is 0.421 e. The quantitative estimate of drug-likeness (QED) is 0.493. The molecule has 5 heteroatoms. The molecular formula is C10H22ClO3P. The Morgan fingerprint density at radius 1 is 1.27 bits per heavy atom. The minimum Gasteiger partial charge on any atom is -0.313 e. The number of hydrogen-bond acceptors (Lipinski definition) is 2. The van der Waals surface area contributed by atoms with Crippen molar-refractivity contribution in [1.29, 1.82) is 0 Å². The van der Waals surface area contributed by atoms with Crippen LogP contribution >= 0.6 is 18.2 Å². The van der Waals surface area contributed by atoms with Gasteiger partial charge in [0.2, 0.25) is 0 Å². The Kier molecular flexibility index (Phi) is 8.83. The highest BCUT2D eigenvalue weighted by molar-refractivity contribution is 7.80. The van der Waals surface area contributed by atoms with Crippen LogP contribution in [-0.4, -0.2) is 11.5 Å². The summed E-state index contributed by atoms with van der Waals surface area (Å²) >= 11 is 5.03. The third-order valence-corrected chi connectivity index (χ3v) is 3.46. The average Bonchev–Trinajstić information content (AvgIpc) is 2.15. The molecular weight excluding hydrogens is 235 g/mol. The second kappa shape index (κ2) is 8.58. The normalized spacial score (nSPS) is 15.5. The number of hydrogen-bond donors (Lipinski definition) is 1. The molecule has 0 bridgehead atoms. The smallest absolute Gasteiger partial charge is 0.313 e. The van der Waals surface area contributed by atoms with Crippen molar-refractivity contribution in [2.45, 2.75) is 52.4 Å². The first-order chi connectivity index (χ1) is 6.99. The SMILES string of the molecule is CCC(CC)CCCCCOP(=O)(O)Cl. The maximum absolute atomic E-state index is 10.5. The Balaban J connectivity index is 3.28. The second-order valence-electron chi connectivity index (χ2n) is 3.82. The van der Waals surface area contributed by atoms with Crippen LogP contribution in [0, 0.1) is 5.92 Å². The maximum atomic E-state index is 10.5. The summed E-state index contributed by atoms with van der Waals surface area (Å²) in [5, 5.41) is 0. The van der Waals surface area contributed by atoms with Gasteiger partial charge in [-0.2, -0.15) is 0 Å². The van der Waals surface area contributed by atoms with E-state index in [9.17, 15) is 4.57 Å². The Hall–Kier alpha value is 0.440. The van der Waals surface area contributed by atoms with Gasteiger partial charge < -0.3 is 4.89 Å². The van der Waals surface area contributed by atoms with Crippen molar-refractivity contribution in [3.05, 3.63) is 0 Å². The van der Waals surface area contributed by atoms with E-state index in [1.807, 2.05) is 0 Å². The number of unbranched alkanes of at least 4 members (excludes halogenated alkanes) is 2. The molecule has 0 fully saturated rings. The van der Waals surface area contributed by atoms with E-state index < -0.39 is 6.95 Å². The Morgan fingerprint density at radius 3 is 2.33 bits per heavy atom. The van der Waals surface area contributed by atoms with Crippen molar-refractivity contribution in [2.24, 2.45) is 5.92 Å². The standard InChI is InChI=1S/C10H22ClO3P/c1-3-10(4-2)8-6-5-7-9-14-15(11,12)13/h10H,3-9H2,1-2H3,(H,12,13). The van der Waals surface area contributed by atoms with Crippen LogP contribution in [0.2, 0.25) is 0 Å². The highest BCUT2D eigenvalue weighted by Crippen LogP contribution is 2.47. The van der Waals surface area contributed by atoms with Crippen molar-refractivity contribution in [1.82, 2.24) is 0 Å². The molecule has 1 atom stereocenters. The van der Waals surface area contributed by atoms with Gasteiger partial charge >= 0.3 is 6.95 Å². The van der Waals surface area contributed by atoms with Crippen molar-refractivity contribution in [3.8, 4) is 0 Å². The molecule has 0 radical (unpaired) electrons. The fourth-order valence-electron chi connectivity index (χ4n) is 1.59. The highest BCUT2D eigenvalue weighted by Gasteiger charge is 2.12. The zero-order valence-electron chi connectivity index (χ0n) is 9.62. The van der Waals surface area contributed by atoms with Crippen LogP contribution in [0.4, 0.5) is 0 Å². The summed E-state index contributed by atoms with van der Waals surface area (Å²) in [7, 11) is 0. The van der Waals surface area contributed by atoms with Gasteiger partial charge in [0.25, 0.3) is 0 Å². The summed E-state index contributed by atoms with van der Waals surface area (Å²) < 4.78 is 15.1. The zero-order valence-corrected chi connectivity index (χ0v) is 11.3. The molecule has 0 aliphatic rings. The number of halogens is 1. The van der Waals surface area contributed by atoms with E-state index in [0.29, 0.717) is 0 Å². The summed E-state index contributed by atoms with van der Waals surface area (Å²) in [5.41, 5.74) is 0. The molecule has 0 aromatic rings. The van der Waals surface area contributed by atoms with E-state index in [-0.39, 0.29) is 6.61 Å². The van der Waals surface area contributed by atoms with Crippen LogP contribution in [0.5, 0.6) is 0 Å². The maximum Gasteiger partial charge on any atom is 0.421 e. The minimum atomic E-state index is -3.77. The van der Waals surface area contributed by atoms with Crippen LogP contribution in [-0.2, 0) is 9.09 Å². The molecule has 0 saturated heterocycles. The molecule has 0 spiro atoms. The molecule has 0 aliphatic heterocycles. The first kappa shape index (κ1) is 15.4. The molecule has 0 rings (SSSR count). The summed E-state index contributed by atoms with van der Waals surface area (Å²) in [5.74, 6) is 0.822. The van der Waals surface area contributed by atoms with Crippen molar-refractivity contribution < 1.29 is 14.0 Å². The topological polar surface area (TPSA) is 46.5 Å². The lowest BCUT2D eigenvalue weighted by atomic mass is 9.96. The van der Waals surface area contributed by atoms with Gasteiger partial charge in [0.15, 0.2) is 0 Å². The molecule has 0 aliphatic carbocycles. The predicted octanol–water partition coefficient (Wildman–Crippen LogP) is 4.34. The van der Waals surface area contributed by atoms with Gasteiger partial charge in [-0.15, -0.1) is 0 Å². The summed E-state index contributed by atoms with van der Waals surface area (Å²) in [6, 6.07) is 0. The zero-order chi connectivity index (χ0) is 11.7. The second-order valence-corrected chi connectivity index (χ2v) is 6.26. The van der Waals surface area contributed by atoms with E-state index in [4.69, 9.17) is 16.1 Å². The lowest BCUT2D eigenvalue weighted by Gasteiger charge is -2.11. The number of rotatable bonds is 9. The van der Waals surface area contributed by atoms with E-state index >= 15 is 0 Å². The Morgan fingerprint density at radius 2 is 1.87 bits per heavy atom. The molecule has 0 saturated carbocycles. The van der Waals surface area contributed by atoms with Crippen LogP contribution in [0.3, 0.4) is 0 Å². The first-order valence-electron chi connectivity index (χ1n) is 5.66. The third kappa shape index (κ3) is 10.7. The summed E-state index contributed by atoms with van der Waals surface area (Å²) in [6.07, 6.45) is 6.71.